The second kappa shape index (κ2) is 4.14. The maximum atomic E-state index is 4.53. The molecule has 0 spiro atoms. The molecule has 0 bridgehead atoms. The highest BCUT2D eigenvalue weighted by molar-refractivity contribution is 7.16. The molecule has 3 aromatic heterocycles. The molecule has 0 saturated carbocycles. The molecular weight excluding hydrogens is 234 g/mol. The van der Waals surface area contributed by atoms with Crippen molar-refractivity contribution in [2.75, 3.05) is 12.4 Å². The number of nitrogens with zero attached hydrogens (tertiary/aromatic N) is 4. The van der Waals surface area contributed by atoms with Gasteiger partial charge in [-0.2, -0.15) is 5.10 Å². The van der Waals surface area contributed by atoms with Gasteiger partial charge in [-0.25, -0.2) is 9.97 Å². The van der Waals surface area contributed by atoms with E-state index in [1.165, 1.54) is 0 Å². The summed E-state index contributed by atoms with van der Waals surface area (Å²) in [5.74, 6) is 1.64. The van der Waals surface area contributed by atoms with Crippen LogP contribution in [0.5, 0.6) is 0 Å². The zero-order chi connectivity index (χ0) is 11.7. The Kier molecular flexibility index (Phi) is 2.49. The largest absolute Gasteiger partial charge is 0.372 e. The normalized spacial score (nSPS) is 10.9. The Morgan fingerprint density at radius 3 is 3.12 bits per heavy atom. The minimum absolute atomic E-state index is 0.593. The third-order valence-corrected chi connectivity index (χ3v) is 3.28. The van der Waals surface area contributed by atoms with E-state index in [0.717, 1.165) is 21.9 Å². The van der Waals surface area contributed by atoms with Gasteiger partial charge in [-0.05, 0) is 17.5 Å². The zero-order valence-corrected chi connectivity index (χ0v) is 10.1. The van der Waals surface area contributed by atoms with Crippen LogP contribution < -0.4 is 5.32 Å². The van der Waals surface area contributed by atoms with Crippen LogP contribution in [0.15, 0.2) is 29.9 Å². The second-order valence-corrected chi connectivity index (χ2v) is 4.48. The number of aromatic nitrogens is 4. The first kappa shape index (κ1) is 10.2. The Bertz CT molecular complexity index is 628. The van der Waals surface area contributed by atoms with Crippen molar-refractivity contribution in [2.45, 2.75) is 6.54 Å². The number of thiophene rings is 1. The summed E-state index contributed by atoms with van der Waals surface area (Å²) in [5, 5.41) is 10.4. The summed E-state index contributed by atoms with van der Waals surface area (Å²) < 4.78 is 1.81. The Balaban J connectivity index is 2.04. The van der Waals surface area contributed by atoms with Crippen molar-refractivity contribution in [1.82, 2.24) is 19.7 Å². The van der Waals surface area contributed by atoms with E-state index in [1.54, 1.807) is 17.5 Å². The molecule has 0 saturated heterocycles. The quantitative estimate of drug-likeness (QED) is 0.766. The van der Waals surface area contributed by atoms with Crippen molar-refractivity contribution in [1.29, 1.82) is 0 Å². The maximum absolute atomic E-state index is 4.53. The molecule has 0 aromatic carbocycles. The van der Waals surface area contributed by atoms with Gasteiger partial charge in [-0.3, -0.25) is 4.68 Å². The van der Waals surface area contributed by atoms with Gasteiger partial charge in [0.25, 0.3) is 0 Å². The molecule has 3 aromatic rings. The summed E-state index contributed by atoms with van der Waals surface area (Å²) in [6, 6.07) is 3.92. The van der Waals surface area contributed by atoms with Gasteiger partial charge >= 0.3 is 0 Å². The van der Waals surface area contributed by atoms with E-state index < -0.39 is 0 Å². The minimum Gasteiger partial charge on any atom is -0.372 e. The van der Waals surface area contributed by atoms with Gasteiger partial charge in [0.05, 0.1) is 5.39 Å². The molecule has 0 atom stereocenters. The molecule has 5 nitrogen and oxygen atoms in total. The van der Waals surface area contributed by atoms with E-state index >= 15 is 0 Å². The van der Waals surface area contributed by atoms with Crippen molar-refractivity contribution in [3.8, 4) is 0 Å². The predicted molar refractivity (Wildman–Crippen MR) is 68.3 cm³/mol. The molecule has 0 amide bonds. The van der Waals surface area contributed by atoms with E-state index in [9.17, 15) is 0 Å². The van der Waals surface area contributed by atoms with Crippen molar-refractivity contribution in [3.05, 3.63) is 35.7 Å². The van der Waals surface area contributed by atoms with Crippen LogP contribution in [0.2, 0.25) is 0 Å². The van der Waals surface area contributed by atoms with E-state index in [-0.39, 0.29) is 0 Å². The van der Waals surface area contributed by atoms with Crippen LogP contribution in [0.25, 0.3) is 10.2 Å². The second-order valence-electron chi connectivity index (χ2n) is 3.58. The fraction of sp³-hybridized carbons (Fsp3) is 0.182. The fourth-order valence-corrected chi connectivity index (χ4v) is 2.48. The Labute approximate surface area is 102 Å². The molecule has 0 aliphatic rings. The van der Waals surface area contributed by atoms with Crippen LogP contribution in [0.1, 0.15) is 5.82 Å². The van der Waals surface area contributed by atoms with Crippen LogP contribution in [0.4, 0.5) is 5.82 Å². The number of hydrogen-bond acceptors (Lipinski definition) is 5. The molecule has 0 fully saturated rings. The van der Waals surface area contributed by atoms with Gasteiger partial charge in [0.2, 0.25) is 0 Å². The van der Waals surface area contributed by atoms with E-state index in [2.05, 4.69) is 20.4 Å². The Hall–Kier alpha value is -1.95. The molecule has 1 N–H and O–H groups in total. The van der Waals surface area contributed by atoms with Gasteiger partial charge in [0.1, 0.15) is 17.2 Å². The maximum Gasteiger partial charge on any atom is 0.153 e. The first-order chi connectivity index (χ1) is 8.36. The summed E-state index contributed by atoms with van der Waals surface area (Å²) in [7, 11) is 1.87. The zero-order valence-electron chi connectivity index (χ0n) is 9.29. The molecule has 86 valence electrons. The lowest BCUT2D eigenvalue weighted by atomic mass is 10.3. The third-order valence-electron chi connectivity index (χ3n) is 2.47. The Morgan fingerprint density at radius 2 is 2.35 bits per heavy atom. The lowest BCUT2D eigenvalue weighted by Gasteiger charge is -2.05. The van der Waals surface area contributed by atoms with Crippen LogP contribution in [0.3, 0.4) is 0 Å². The first-order valence-electron chi connectivity index (χ1n) is 5.26. The van der Waals surface area contributed by atoms with Crippen molar-refractivity contribution < 1.29 is 0 Å². The minimum atomic E-state index is 0.593. The molecule has 17 heavy (non-hydrogen) atoms. The molecule has 6 heteroatoms. The predicted octanol–water partition coefficient (Wildman–Crippen LogP) is 1.98. The van der Waals surface area contributed by atoms with Gasteiger partial charge in [-0.15, -0.1) is 11.3 Å². The molecule has 3 heterocycles. The van der Waals surface area contributed by atoms with Crippen LogP contribution in [0, 0.1) is 0 Å². The first-order valence-corrected chi connectivity index (χ1v) is 6.14. The van der Waals surface area contributed by atoms with Gasteiger partial charge in [0.15, 0.2) is 5.82 Å². The molecule has 0 aliphatic heterocycles. The number of rotatable bonds is 3. The SMILES string of the molecule is CNc1nc(Cn2cccn2)nc2sccc12. The lowest BCUT2D eigenvalue weighted by molar-refractivity contribution is 0.659. The van der Waals surface area contributed by atoms with E-state index in [4.69, 9.17) is 0 Å². The summed E-state index contributed by atoms with van der Waals surface area (Å²) in [6.07, 6.45) is 3.66. The topological polar surface area (TPSA) is 55.6 Å². The number of anilines is 1. The molecule has 0 unspecified atom stereocenters. The smallest absolute Gasteiger partial charge is 0.153 e. The third kappa shape index (κ3) is 1.87. The van der Waals surface area contributed by atoms with Gasteiger partial charge in [0, 0.05) is 19.4 Å². The van der Waals surface area contributed by atoms with Crippen LogP contribution in [-0.2, 0) is 6.54 Å². The average molecular weight is 245 g/mol. The summed E-state index contributed by atoms with van der Waals surface area (Å²) in [6.45, 7) is 0.593. The van der Waals surface area contributed by atoms with Crippen LogP contribution in [-0.4, -0.2) is 26.8 Å². The highest BCUT2D eigenvalue weighted by Crippen LogP contribution is 2.24. The van der Waals surface area contributed by atoms with Crippen molar-refractivity contribution in [3.63, 3.8) is 0 Å². The monoisotopic (exact) mass is 245 g/mol. The van der Waals surface area contributed by atoms with Gasteiger partial charge < -0.3 is 5.32 Å². The van der Waals surface area contributed by atoms with E-state index in [0.29, 0.717) is 6.54 Å². The van der Waals surface area contributed by atoms with Gasteiger partial charge in [-0.1, -0.05) is 0 Å². The molecule has 0 radical (unpaired) electrons. The molecule has 3 rings (SSSR count). The summed E-state index contributed by atoms with van der Waals surface area (Å²) >= 11 is 1.62. The lowest BCUT2D eigenvalue weighted by Crippen LogP contribution is -2.06. The molecular formula is C11H11N5S. The highest BCUT2D eigenvalue weighted by Gasteiger charge is 2.07. The summed E-state index contributed by atoms with van der Waals surface area (Å²) in [4.78, 5) is 10.0. The number of hydrogen-bond donors (Lipinski definition) is 1. The van der Waals surface area contributed by atoms with E-state index in [1.807, 2.05) is 35.4 Å². The number of nitrogens with one attached hydrogen (secondary N) is 1. The average Bonchev–Trinajstić information content (AvgIpc) is 2.98. The highest BCUT2D eigenvalue weighted by atomic mass is 32.1. The van der Waals surface area contributed by atoms with Crippen LogP contribution >= 0.6 is 11.3 Å². The molecule has 0 aliphatic carbocycles. The Morgan fingerprint density at radius 1 is 1.41 bits per heavy atom. The van der Waals surface area contributed by atoms with Crippen molar-refractivity contribution >= 4 is 27.4 Å². The fourth-order valence-electron chi connectivity index (χ4n) is 1.70. The number of fused-ring (bicyclic) bond motifs is 1. The standard InChI is InChI=1S/C11H11N5S/c1-12-10-8-3-6-17-11(8)15-9(14-10)7-16-5-2-4-13-16/h2-6H,7H2,1H3,(H,12,14,15). The van der Waals surface area contributed by atoms with Crippen molar-refractivity contribution in [2.24, 2.45) is 0 Å². The summed E-state index contributed by atoms with van der Waals surface area (Å²) in [5.41, 5.74) is 0.